The van der Waals surface area contributed by atoms with E-state index in [0.29, 0.717) is 48.3 Å². The van der Waals surface area contributed by atoms with Gasteiger partial charge in [0.05, 0.1) is 19.9 Å². The molecule has 2 heterocycles. The average molecular weight is 439 g/mol. The number of piperazine rings is 1. The maximum atomic E-state index is 12.9. The van der Waals surface area contributed by atoms with E-state index in [9.17, 15) is 4.79 Å². The van der Waals surface area contributed by atoms with Crippen LogP contribution in [0.5, 0.6) is 11.5 Å². The molecule has 0 radical (unpaired) electrons. The smallest absolute Gasteiger partial charge is 0.254 e. The van der Waals surface area contributed by atoms with Gasteiger partial charge in [0.25, 0.3) is 5.91 Å². The third-order valence-corrected chi connectivity index (χ3v) is 5.56. The van der Waals surface area contributed by atoms with Crippen molar-refractivity contribution in [3.63, 3.8) is 0 Å². The first kappa shape index (κ1) is 20.9. The van der Waals surface area contributed by atoms with Crippen molar-refractivity contribution >= 4 is 23.3 Å². The highest BCUT2D eigenvalue weighted by Gasteiger charge is 2.24. The Balaban J connectivity index is 1.39. The molecule has 0 spiro atoms. The summed E-state index contributed by atoms with van der Waals surface area (Å²) in [4.78, 5) is 16.9. The Kier molecular flexibility index (Phi) is 6.23. The van der Waals surface area contributed by atoms with Crippen LogP contribution in [-0.4, -0.2) is 61.4 Å². The lowest BCUT2D eigenvalue weighted by Gasteiger charge is -2.35. The molecule has 0 aliphatic carbocycles. The molecule has 1 aliphatic rings. The van der Waals surface area contributed by atoms with Gasteiger partial charge in [-0.05, 0) is 42.5 Å². The predicted molar refractivity (Wildman–Crippen MR) is 120 cm³/mol. The number of carbonyl (C=O) groups is 1. The van der Waals surface area contributed by atoms with Crippen LogP contribution in [0.1, 0.15) is 10.4 Å². The second-order valence-electron chi connectivity index (χ2n) is 7.13. The van der Waals surface area contributed by atoms with Gasteiger partial charge < -0.3 is 19.3 Å². The maximum Gasteiger partial charge on any atom is 0.254 e. The highest BCUT2D eigenvalue weighted by molar-refractivity contribution is 6.30. The van der Waals surface area contributed by atoms with Crippen molar-refractivity contribution in [3.05, 3.63) is 65.2 Å². The molecule has 1 aliphatic heterocycles. The zero-order valence-electron chi connectivity index (χ0n) is 17.4. The average Bonchev–Trinajstić information content (AvgIpc) is 2.84. The highest BCUT2D eigenvalue weighted by atomic mass is 35.5. The van der Waals surface area contributed by atoms with E-state index in [4.69, 9.17) is 21.1 Å². The molecule has 8 heteroatoms. The Hall–Kier alpha value is -3.32. The normalized spacial score (nSPS) is 13.8. The van der Waals surface area contributed by atoms with E-state index in [2.05, 4.69) is 15.1 Å². The van der Waals surface area contributed by atoms with Crippen LogP contribution >= 0.6 is 11.6 Å². The van der Waals surface area contributed by atoms with Crippen molar-refractivity contribution < 1.29 is 14.3 Å². The zero-order chi connectivity index (χ0) is 21.8. The van der Waals surface area contributed by atoms with Gasteiger partial charge in [0.15, 0.2) is 17.3 Å². The van der Waals surface area contributed by atoms with Crippen molar-refractivity contribution in [3.8, 4) is 22.8 Å². The second-order valence-corrected chi connectivity index (χ2v) is 7.57. The number of anilines is 1. The van der Waals surface area contributed by atoms with Crippen molar-refractivity contribution in [2.24, 2.45) is 0 Å². The van der Waals surface area contributed by atoms with Crippen LogP contribution in [-0.2, 0) is 0 Å². The lowest BCUT2D eigenvalue weighted by molar-refractivity contribution is 0.0746. The number of hydrogen-bond acceptors (Lipinski definition) is 6. The second kappa shape index (κ2) is 9.22. The van der Waals surface area contributed by atoms with E-state index in [-0.39, 0.29) is 5.91 Å². The molecule has 0 bridgehead atoms. The standard InChI is InChI=1S/C23H23ClN4O3/c1-30-20-9-5-17(15-21(20)31-2)23(29)28-13-11-27(12-14-28)22-10-8-19(25-26-22)16-3-6-18(24)7-4-16/h3-10,15H,11-14H2,1-2H3. The van der Waals surface area contributed by atoms with Gasteiger partial charge in [0, 0.05) is 42.3 Å². The van der Waals surface area contributed by atoms with Crippen LogP contribution in [0.2, 0.25) is 5.02 Å². The minimum absolute atomic E-state index is 0.0234. The Labute approximate surface area is 186 Å². The lowest BCUT2D eigenvalue weighted by Crippen LogP contribution is -2.49. The quantitative estimate of drug-likeness (QED) is 0.604. The van der Waals surface area contributed by atoms with Crippen molar-refractivity contribution in [1.29, 1.82) is 0 Å². The van der Waals surface area contributed by atoms with Crippen LogP contribution in [0.4, 0.5) is 5.82 Å². The Morgan fingerprint density at radius 1 is 0.871 bits per heavy atom. The number of carbonyl (C=O) groups excluding carboxylic acids is 1. The minimum atomic E-state index is -0.0234. The summed E-state index contributed by atoms with van der Waals surface area (Å²) >= 11 is 5.95. The molecule has 3 aromatic rings. The zero-order valence-corrected chi connectivity index (χ0v) is 18.2. The first-order valence-electron chi connectivity index (χ1n) is 9.95. The van der Waals surface area contributed by atoms with E-state index in [1.807, 2.05) is 41.3 Å². The van der Waals surface area contributed by atoms with E-state index in [1.165, 1.54) is 0 Å². The third-order valence-electron chi connectivity index (χ3n) is 5.31. The molecule has 1 aromatic heterocycles. The number of aromatic nitrogens is 2. The summed E-state index contributed by atoms with van der Waals surface area (Å²) in [5.41, 5.74) is 2.34. The van der Waals surface area contributed by atoms with Crippen LogP contribution in [0.25, 0.3) is 11.3 Å². The molecular weight excluding hydrogens is 416 g/mol. The summed E-state index contributed by atoms with van der Waals surface area (Å²) in [6.07, 6.45) is 0. The van der Waals surface area contributed by atoms with Crippen molar-refractivity contribution in [2.45, 2.75) is 0 Å². The maximum absolute atomic E-state index is 12.9. The molecule has 2 aromatic carbocycles. The van der Waals surface area contributed by atoms with Crippen molar-refractivity contribution in [1.82, 2.24) is 15.1 Å². The number of hydrogen-bond donors (Lipinski definition) is 0. The molecule has 1 saturated heterocycles. The molecule has 0 N–H and O–H groups in total. The van der Waals surface area contributed by atoms with Gasteiger partial charge in [0.1, 0.15) is 0 Å². The van der Waals surface area contributed by atoms with Gasteiger partial charge in [-0.2, -0.15) is 0 Å². The summed E-state index contributed by atoms with van der Waals surface area (Å²) in [5.74, 6) is 1.92. The largest absolute Gasteiger partial charge is 0.493 e. The van der Waals surface area contributed by atoms with Gasteiger partial charge in [0.2, 0.25) is 0 Å². The molecule has 160 valence electrons. The number of methoxy groups -OCH3 is 2. The monoisotopic (exact) mass is 438 g/mol. The Morgan fingerprint density at radius 3 is 2.19 bits per heavy atom. The van der Waals surface area contributed by atoms with Crippen LogP contribution in [0.15, 0.2) is 54.6 Å². The first-order chi connectivity index (χ1) is 15.1. The van der Waals surface area contributed by atoms with Gasteiger partial charge in [-0.1, -0.05) is 23.7 Å². The molecule has 4 rings (SSSR count). The van der Waals surface area contributed by atoms with Gasteiger partial charge >= 0.3 is 0 Å². The topological polar surface area (TPSA) is 67.8 Å². The van der Waals surface area contributed by atoms with Gasteiger partial charge in [-0.25, -0.2) is 0 Å². The number of ether oxygens (including phenoxy) is 2. The summed E-state index contributed by atoms with van der Waals surface area (Å²) in [6.45, 7) is 2.59. The third kappa shape index (κ3) is 4.56. The molecule has 0 saturated carbocycles. The SMILES string of the molecule is COc1ccc(C(=O)N2CCN(c3ccc(-c4ccc(Cl)cc4)nn3)CC2)cc1OC. The van der Waals surface area contributed by atoms with Gasteiger partial charge in [-0.3, -0.25) is 4.79 Å². The summed E-state index contributed by atoms with van der Waals surface area (Å²) in [6, 6.07) is 16.7. The Bertz CT molecular complexity index is 1050. The van der Waals surface area contributed by atoms with E-state index >= 15 is 0 Å². The fraction of sp³-hybridized carbons (Fsp3) is 0.261. The predicted octanol–water partition coefficient (Wildman–Crippen LogP) is 3.78. The van der Waals surface area contributed by atoms with Crippen molar-refractivity contribution in [2.75, 3.05) is 45.3 Å². The minimum Gasteiger partial charge on any atom is -0.493 e. The Morgan fingerprint density at radius 2 is 1.58 bits per heavy atom. The molecular formula is C23H23ClN4O3. The molecule has 1 fully saturated rings. The van der Waals surface area contributed by atoms with E-state index in [1.54, 1.807) is 32.4 Å². The molecule has 31 heavy (non-hydrogen) atoms. The summed E-state index contributed by atoms with van der Waals surface area (Å²) < 4.78 is 10.6. The van der Waals surface area contributed by atoms with Crippen LogP contribution in [0.3, 0.4) is 0 Å². The van der Waals surface area contributed by atoms with Gasteiger partial charge in [-0.15, -0.1) is 10.2 Å². The first-order valence-corrected chi connectivity index (χ1v) is 10.3. The molecule has 0 atom stereocenters. The molecule has 0 unspecified atom stereocenters. The number of amides is 1. The number of nitrogens with zero attached hydrogens (tertiary/aromatic N) is 4. The van der Waals surface area contributed by atoms with E-state index in [0.717, 1.165) is 17.1 Å². The fourth-order valence-corrected chi connectivity index (χ4v) is 3.68. The fourth-order valence-electron chi connectivity index (χ4n) is 3.56. The number of benzene rings is 2. The molecule has 7 nitrogen and oxygen atoms in total. The summed E-state index contributed by atoms with van der Waals surface area (Å²) in [5, 5.41) is 9.42. The lowest BCUT2D eigenvalue weighted by atomic mass is 10.1. The van der Waals surface area contributed by atoms with E-state index < -0.39 is 0 Å². The number of halogens is 1. The van der Waals surface area contributed by atoms with Crippen LogP contribution in [0, 0.1) is 0 Å². The summed E-state index contributed by atoms with van der Waals surface area (Å²) in [7, 11) is 3.13. The van der Waals surface area contributed by atoms with Crippen LogP contribution < -0.4 is 14.4 Å². The number of rotatable bonds is 5. The highest BCUT2D eigenvalue weighted by Crippen LogP contribution is 2.28. The molecule has 1 amide bonds.